The molecule has 1 fully saturated rings. The van der Waals surface area contributed by atoms with Crippen LogP contribution < -0.4 is 5.32 Å². The van der Waals surface area contributed by atoms with E-state index in [0.29, 0.717) is 19.5 Å². The fourth-order valence-corrected chi connectivity index (χ4v) is 2.52. The molecular weight excluding hydrogens is 282 g/mol. The zero-order chi connectivity index (χ0) is 15.5. The molecule has 0 spiro atoms. The van der Waals surface area contributed by atoms with Crippen molar-refractivity contribution >= 4 is 11.9 Å². The highest BCUT2D eigenvalue weighted by atomic mass is 16.4. The van der Waals surface area contributed by atoms with Crippen molar-refractivity contribution in [3.63, 3.8) is 0 Å². The van der Waals surface area contributed by atoms with E-state index < -0.39 is 11.9 Å². The van der Waals surface area contributed by atoms with E-state index in [1.807, 2.05) is 41.2 Å². The molecule has 2 atom stereocenters. The lowest BCUT2D eigenvalue weighted by atomic mass is 10.1. The summed E-state index contributed by atoms with van der Waals surface area (Å²) in [6.45, 7) is 1.04. The van der Waals surface area contributed by atoms with Crippen LogP contribution in [0.5, 0.6) is 0 Å². The highest BCUT2D eigenvalue weighted by Gasteiger charge is 2.48. The van der Waals surface area contributed by atoms with Gasteiger partial charge >= 0.3 is 5.97 Å². The van der Waals surface area contributed by atoms with E-state index in [0.717, 1.165) is 11.1 Å². The van der Waals surface area contributed by atoms with E-state index in [4.69, 9.17) is 5.11 Å². The van der Waals surface area contributed by atoms with Gasteiger partial charge in [0.2, 0.25) is 5.91 Å². The summed E-state index contributed by atoms with van der Waals surface area (Å²) in [4.78, 5) is 22.7. The Labute approximate surface area is 127 Å². The fraction of sp³-hybridized carbons (Fsp3) is 0.312. The maximum atomic E-state index is 11.9. The number of nitrogens with zero attached hydrogens (tertiary/aromatic N) is 2. The number of aliphatic carboxylic acids is 1. The minimum atomic E-state index is -0.890. The van der Waals surface area contributed by atoms with Crippen LogP contribution in [0.1, 0.15) is 17.5 Å². The van der Waals surface area contributed by atoms with Crippen molar-refractivity contribution in [3.8, 4) is 0 Å². The number of carboxylic acid groups (broad SMARTS) is 1. The number of benzene rings is 1. The van der Waals surface area contributed by atoms with Gasteiger partial charge < -0.3 is 10.4 Å². The van der Waals surface area contributed by atoms with Crippen LogP contribution in [-0.2, 0) is 22.7 Å². The molecule has 0 bridgehead atoms. The Morgan fingerprint density at radius 1 is 1.23 bits per heavy atom. The lowest BCUT2D eigenvalue weighted by Crippen LogP contribution is -2.26. The molecule has 1 aliphatic carbocycles. The van der Waals surface area contributed by atoms with E-state index in [1.54, 1.807) is 6.20 Å². The molecule has 2 N–H and O–H groups in total. The largest absolute Gasteiger partial charge is 0.481 e. The molecule has 1 amide bonds. The summed E-state index contributed by atoms with van der Waals surface area (Å²) in [6.07, 6.45) is 4.05. The van der Waals surface area contributed by atoms with Gasteiger partial charge in [0.1, 0.15) is 0 Å². The molecule has 1 aliphatic rings. The monoisotopic (exact) mass is 299 g/mol. The molecule has 1 aromatic heterocycles. The third kappa shape index (κ3) is 3.16. The van der Waals surface area contributed by atoms with Gasteiger partial charge in [-0.1, -0.05) is 24.3 Å². The molecule has 0 unspecified atom stereocenters. The average Bonchev–Trinajstić information content (AvgIpc) is 3.17. The Bertz CT molecular complexity index is 682. The summed E-state index contributed by atoms with van der Waals surface area (Å²) >= 11 is 0. The smallest absolute Gasteiger partial charge is 0.307 e. The standard InChI is InChI=1S/C16H17N3O3/c20-15(13-8-14(13)16(21)22)17-9-11-4-1-2-5-12(11)10-19-7-3-6-18-19/h1-7,13-14H,8-10H2,(H,17,20)(H,21,22)/t13-,14-/m1/s1. The molecule has 0 aliphatic heterocycles. The Hall–Kier alpha value is -2.63. The van der Waals surface area contributed by atoms with Gasteiger partial charge in [0.05, 0.1) is 18.4 Å². The van der Waals surface area contributed by atoms with Crippen molar-refractivity contribution in [2.75, 3.05) is 0 Å². The van der Waals surface area contributed by atoms with Crippen molar-refractivity contribution in [3.05, 3.63) is 53.9 Å². The van der Waals surface area contributed by atoms with Gasteiger partial charge in [-0.3, -0.25) is 14.3 Å². The number of amides is 1. The van der Waals surface area contributed by atoms with Crippen molar-refractivity contribution in [2.24, 2.45) is 11.8 Å². The van der Waals surface area contributed by atoms with Crippen LogP contribution in [0.25, 0.3) is 0 Å². The number of hydrogen-bond donors (Lipinski definition) is 2. The molecule has 6 nitrogen and oxygen atoms in total. The van der Waals surface area contributed by atoms with Gasteiger partial charge in [0.15, 0.2) is 0 Å². The zero-order valence-electron chi connectivity index (χ0n) is 12.0. The summed E-state index contributed by atoms with van der Waals surface area (Å²) in [7, 11) is 0. The first kappa shape index (κ1) is 14.3. The second-order valence-electron chi connectivity index (χ2n) is 5.48. The lowest BCUT2D eigenvalue weighted by Gasteiger charge is -2.11. The van der Waals surface area contributed by atoms with Crippen LogP contribution in [0.4, 0.5) is 0 Å². The molecular formula is C16H17N3O3. The number of aromatic nitrogens is 2. The molecule has 0 saturated heterocycles. The van der Waals surface area contributed by atoms with E-state index in [2.05, 4.69) is 10.4 Å². The van der Waals surface area contributed by atoms with Crippen molar-refractivity contribution in [1.29, 1.82) is 0 Å². The van der Waals surface area contributed by atoms with Crippen molar-refractivity contribution in [2.45, 2.75) is 19.5 Å². The predicted octanol–water partition coefficient (Wildman–Crippen LogP) is 1.27. The Kier molecular flexibility index (Phi) is 3.91. The number of carbonyl (C=O) groups excluding carboxylic acids is 1. The quantitative estimate of drug-likeness (QED) is 0.841. The van der Waals surface area contributed by atoms with Gasteiger partial charge in [0.25, 0.3) is 0 Å². The van der Waals surface area contributed by atoms with Crippen molar-refractivity contribution in [1.82, 2.24) is 15.1 Å². The normalized spacial score (nSPS) is 19.6. The fourth-order valence-electron chi connectivity index (χ4n) is 2.52. The number of rotatable bonds is 6. The Morgan fingerprint density at radius 3 is 2.64 bits per heavy atom. The average molecular weight is 299 g/mol. The Balaban J connectivity index is 1.61. The number of carboxylic acids is 1. The molecule has 1 aromatic carbocycles. The number of hydrogen-bond acceptors (Lipinski definition) is 3. The van der Waals surface area contributed by atoms with Crippen LogP contribution in [-0.4, -0.2) is 26.8 Å². The van der Waals surface area contributed by atoms with Gasteiger partial charge in [-0.2, -0.15) is 5.10 Å². The molecule has 6 heteroatoms. The maximum Gasteiger partial charge on any atom is 0.307 e. The van der Waals surface area contributed by atoms with Crippen LogP contribution in [0, 0.1) is 11.8 Å². The highest BCUT2D eigenvalue weighted by Crippen LogP contribution is 2.38. The second kappa shape index (κ2) is 6.01. The molecule has 2 aromatic rings. The third-order valence-electron chi connectivity index (χ3n) is 3.91. The topological polar surface area (TPSA) is 84.2 Å². The van der Waals surface area contributed by atoms with E-state index in [-0.39, 0.29) is 11.8 Å². The molecule has 1 saturated carbocycles. The summed E-state index contributed by atoms with van der Waals surface area (Å²) < 4.78 is 1.82. The van der Waals surface area contributed by atoms with E-state index in [1.165, 1.54) is 0 Å². The minimum Gasteiger partial charge on any atom is -0.481 e. The molecule has 114 valence electrons. The summed E-state index contributed by atoms with van der Waals surface area (Å²) in [5.41, 5.74) is 2.09. The minimum absolute atomic E-state index is 0.179. The molecule has 0 radical (unpaired) electrons. The van der Waals surface area contributed by atoms with Crippen LogP contribution in [0.3, 0.4) is 0 Å². The predicted molar refractivity (Wildman–Crippen MR) is 78.9 cm³/mol. The SMILES string of the molecule is O=C(O)[C@@H]1C[C@H]1C(=O)NCc1ccccc1Cn1cccn1. The first-order valence-electron chi connectivity index (χ1n) is 7.20. The first-order chi connectivity index (χ1) is 10.6. The maximum absolute atomic E-state index is 11.9. The lowest BCUT2D eigenvalue weighted by molar-refractivity contribution is -0.140. The van der Waals surface area contributed by atoms with E-state index >= 15 is 0 Å². The van der Waals surface area contributed by atoms with Crippen LogP contribution >= 0.6 is 0 Å². The summed E-state index contributed by atoms with van der Waals surface area (Å²) in [6, 6.07) is 9.70. The number of carbonyl (C=O) groups is 2. The van der Waals surface area contributed by atoms with Crippen LogP contribution in [0.15, 0.2) is 42.7 Å². The first-order valence-corrected chi connectivity index (χ1v) is 7.20. The van der Waals surface area contributed by atoms with Crippen LogP contribution in [0.2, 0.25) is 0 Å². The van der Waals surface area contributed by atoms with Gasteiger partial charge in [0, 0.05) is 18.9 Å². The summed E-state index contributed by atoms with van der Waals surface area (Å²) in [5.74, 6) is -1.96. The van der Waals surface area contributed by atoms with Gasteiger partial charge in [-0.25, -0.2) is 0 Å². The number of nitrogens with one attached hydrogen (secondary N) is 1. The van der Waals surface area contributed by atoms with Crippen molar-refractivity contribution < 1.29 is 14.7 Å². The molecule has 3 rings (SSSR count). The van der Waals surface area contributed by atoms with Gasteiger partial charge in [-0.15, -0.1) is 0 Å². The third-order valence-corrected chi connectivity index (χ3v) is 3.91. The molecule has 22 heavy (non-hydrogen) atoms. The Morgan fingerprint density at radius 2 is 2.00 bits per heavy atom. The highest BCUT2D eigenvalue weighted by molar-refractivity contribution is 5.89. The van der Waals surface area contributed by atoms with Gasteiger partial charge in [-0.05, 0) is 23.6 Å². The summed E-state index contributed by atoms with van der Waals surface area (Å²) in [5, 5.41) is 15.9. The molecule has 1 heterocycles. The zero-order valence-corrected chi connectivity index (χ0v) is 12.0. The second-order valence-corrected chi connectivity index (χ2v) is 5.48. The van der Waals surface area contributed by atoms with E-state index in [9.17, 15) is 9.59 Å².